The Bertz CT molecular complexity index is 531. The average Bonchev–Trinajstić information content (AvgIpc) is 2.43. The summed E-state index contributed by atoms with van der Waals surface area (Å²) >= 11 is 4.74. The van der Waals surface area contributed by atoms with Gasteiger partial charge in [0.15, 0.2) is 0 Å². The Balaban J connectivity index is 2.49. The van der Waals surface area contributed by atoms with Gasteiger partial charge in [0.05, 0.1) is 25.5 Å². The molecule has 112 valence electrons. The molecule has 1 aromatic rings. The highest BCUT2D eigenvalue weighted by Gasteiger charge is 2.14. The Hall–Kier alpha value is -1.13. The molecule has 3 N–H and O–H groups in total. The summed E-state index contributed by atoms with van der Waals surface area (Å²) in [5.74, 6) is 0. The van der Waals surface area contributed by atoms with Gasteiger partial charge in [-0.2, -0.15) is 0 Å². The Labute approximate surface area is 123 Å². The standard InChI is InChI=1S/C11H17N3O4S2/c1-17-6-7-18-5-4-14-20(15,16)9-2-3-10(11(12)19)13-8-9/h2-3,8,14H,4-7H2,1H3,(H2,12,19). The molecular weight excluding hydrogens is 302 g/mol. The fourth-order valence-corrected chi connectivity index (χ4v) is 2.34. The van der Waals surface area contributed by atoms with E-state index in [4.69, 9.17) is 27.4 Å². The minimum Gasteiger partial charge on any atom is -0.388 e. The molecule has 9 heteroatoms. The predicted octanol–water partition coefficient (Wildman–Crippen LogP) is -0.343. The van der Waals surface area contributed by atoms with Crippen LogP contribution < -0.4 is 10.5 Å². The predicted molar refractivity (Wildman–Crippen MR) is 78.0 cm³/mol. The van der Waals surface area contributed by atoms with Crippen LogP contribution in [0.2, 0.25) is 0 Å². The molecule has 0 radical (unpaired) electrons. The monoisotopic (exact) mass is 319 g/mol. The number of sulfonamides is 1. The molecule has 0 spiro atoms. The van der Waals surface area contributed by atoms with Crippen LogP contribution in [0.1, 0.15) is 5.69 Å². The molecule has 0 fully saturated rings. The van der Waals surface area contributed by atoms with Gasteiger partial charge in [-0.15, -0.1) is 0 Å². The van der Waals surface area contributed by atoms with Crippen LogP contribution in [0, 0.1) is 0 Å². The number of nitrogens with one attached hydrogen (secondary N) is 1. The topological polar surface area (TPSA) is 104 Å². The Kier molecular flexibility index (Phi) is 6.96. The Morgan fingerprint density at radius 1 is 1.40 bits per heavy atom. The number of rotatable bonds is 9. The SMILES string of the molecule is COCCOCCNS(=O)(=O)c1ccc(C(N)=S)nc1. The lowest BCUT2D eigenvalue weighted by Gasteiger charge is -2.07. The van der Waals surface area contributed by atoms with Gasteiger partial charge >= 0.3 is 0 Å². The number of hydrogen-bond donors (Lipinski definition) is 2. The lowest BCUT2D eigenvalue weighted by molar-refractivity contribution is 0.0736. The zero-order chi connectivity index (χ0) is 15.0. The lowest BCUT2D eigenvalue weighted by atomic mass is 10.3. The van der Waals surface area contributed by atoms with E-state index in [2.05, 4.69) is 9.71 Å². The van der Waals surface area contributed by atoms with Crippen molar-refractivity contribution in [1.82, 2.24) is 9.71 Å². The van der Waals surface area contributed by atoms with Crippen molar-refractivity contribution in [3.8, 4) is 0 Å². The van der Waals surface area contributed by atoms with Gasteiger partial charge in [0.2, 0.25) is 10.0 Å². The van der Waals surface area contributed by atoms with E-state index in [1.54, 1.807) is 7.11 Å². The number of ether oxygens (including phenoxy) is 2. The summed E-state index contributed by atoms with van der Waals surface area (Å²) in [5.41, 5.74) is 5.76. The van der Waals surface area contributed by atoms with Crippen LogP contribution in [0.5, 0.6) is 0 Å². The lowest BCUT2D eigenvalue weighted by Crippen LogP contribution is -2.28. The first-order chi connectivity index (χ1) is 9.47. The van der Waals surface area contributed by atoms with E-state index >= 15 is 0 Å². The molecule has 7 nitrogen and oxygen atoms in total. The molecule has 0 aromatic carbocycles. The maximum Gasteiger partial charge on any atom is 0.242 e. The van der Waals surface area contributed by atoms with Gasteiger partial charge in [-0.25, -0.2) is 13.1 Å². The third-order valence-corrected chi connectivity index (χ3v) is 3.92. The fraction of sp³-hybridized carbons (Fsp3) is 0.455. The average molecular weight is 319 g/mol. The van der Waals surface area contributed by atoms with Gasteiger partial charge in [0.1, 0.15) is 9.88 Å². The largest absolute Gasteiger partial charge is 0.388 e. The molecule has 0 bridgehead atoms. The molecule has 0 aliphatic rings. The maximum absolute atomic E-state index is 11.9. The molecule has 0 aliphatic carbocycles. The first-order valence-corrected chi connectivity index (χ1v) is 7.68. The van der Waals surface area contributed by atoms with Crippen molar-refractivity contribution in [1.29, 1.82) is 0 Å². The van der Waals surface area contributed by atoms with Crippen molar-refractivity contribution in [3.05, 3.63) is 24.0 Å². The number of nitrogens with two attached hydrogens (primary N) is 1. The molecule has 0 unspecified atom stereocenters. The van der Waals surface area contributed by atoms with Gasteiger partial charge in [-0.05, 0) is 12.1 Å². The van der Waals surface area contributed by atoms with Crippen molar-refractivity contribution in [2.75, 3.05) is 33.5 Å². The minimum atomic E-state index is -3.60. The van der Waals surface area contributed by atoms with Gasteiger partial charge in [-0.3, -0.25) is 4.98 Å². The smallest absolute Gasteiger partial charge is 0.242 e. The number of hydrogen-bond acceptors (Lipinski definition) is 6. The zero-order valence-electron chi connectivity index (χ0n) is 11.0. The molecule has 1 rings (SSSR count). The van der Waals surface area contributed by atoms with E-state index < -0.39 is 10.0 Å². The van der Waals surface area contributed by atoms with Crippen LogP contribution >= 0.6 is 12.2 Å². The van der Waals surface area contributed by atoms with E-state index in [9.17, 15) is 8.42 Å². The van der Waals surface area contributed by atoms with Crippen LogP contribution in [0.4, 0.5) is 0 Å². The van der Waals surface area contributed by atoms with E-state index in [1.807, 2.05) is 0 Å². The van der Waals surface area contributed by atoms with Crippen LogP contribution in [-0.2, 0) is 19.5 Å². The van der Waals surface area contributed by atoms with E-state index in [-0.39, 0.29) is 23.0 Å². The zero-order valence-corrected chi connectivity index (χ0v) is 12.7. The minimum absolute atomic E-state index is 0.0504. The molecule has 0 saturated heterocycles. The summed E-state index contributed by atoms with van der Waals surface area (Å²) in [6.45, 7) is 1.32. The molecule has 0 amide bonds. The van der Waals surface area contributed by atoms with Gasteiger partial charge in [-0.1, -0.05) is 12.2 Å². The third-order valence-electron chi connectivity index (χ3n) is 2.27. The molecule has 1 heterocycles. The van der Waals surface area contributed by atoms with E-state index in [0.29, 0.717) is 18.9 Å². The van der Waals surface area contributed by atoms with Crippen molar-refractivity contribution in [2.45, 2.75) is 4.90 Å². The van der Waals surface area contributed by atoms with E-state index in [0.717, 1.165) is 0 Å². The number of methoxy groups -OCH3 is 1. The van der Waals surface area contributed by atoms with Gasteiger partial charge in [0.25, 0.3) is 0 Å². The highest BCUT2D eigenvalue weighted by molar-refractivity contribution is 7.89. The number of nitrogens with zero attached hydrogens (tertiary/aromatic N) is 1. The first kappa shape index (κ1) is 16.9. The molecular formula is C11H17N3O4S2. The number of thiocarbonyl (C=S) groups is 1. The second-order valence-corrected chi connectivity index (χ2v) is 5.95. The summed E-state index contributed by atoms with van der Waals surface area (Å²) in [6.07, 6.45) is 1.21. The van der Waals surface area contributed by atoms with Crippen LogP contribution in [0.15, 0.2) is 23.2 Å². The third kappa shape index (κ3) is 5.47. The maximum atomic E-state index is 11.9. The summed E-state index contributed by atoms with van der Waals surface area (Å²) in [5, 5.41) is 0. The normalized spacial score (nSPS) is 11.4. The van der Waals surface area contributed by atoms with Gasteiger partial charge < -0.3 is 15.2 Å². The van der Waals surface area contributed by atoms with Crippen molar-refractivity contribution < 1.29 is 17.9 Å². The molecule has 0 saturated carbocycles. The first-order valence-electron chi connectivity index (χ1n) is 5.79. The van der Waals surface area contributed by atoms with Crippen molar-refractivity contribution >= 4 is 27.2 Å². The Morgan fingerprint density at radius 2 is 2.15 bits per heavy atom. The number of aromatic nitrogens is 1. The second-order valence-electron chi connectivity index (χ2n) is 3.75. The molecule has 1 aromatic heterocycles. The summed E-state index contributed by atoms with van der Waals surface area (Å²) < 4.78 is 36.2. The number of pyridine rings is 1. The molecule has 20 heavy (non-hydrogen) atoms. The summed E-state index contributed by atoms with van der Waals surface area (Å²) in [4.78, 5) is 4.05. The second kappa shape index (κ2) is 8.22. The Morgan fingerprint density at radius 3 is 2.70 bits per heavy atom. The van der Waals surface area contributed by atoms with Crippen LogP contribution in [0.3, 0.4) is 0 Å². The highest BCUT2D eigenvalue weighted by atomic mass is 32.2. The quantitative estimate of drug-likeness (QED) is 0.474. The summed E-state index contributed by atoms with van der Waals surface area (Å²) in [7, 11) is -2.04. The highest BCUT2D eigenvalue weighted by Crippen LogP contribution is 2.07. The fourth-order valence-electron chi connectivity index (χ4n) is 1.26. The van der Waals surface area contributed by atoms with E-state index in [1.165, 1.54) is 18.3 Å². The molecule has 0 aliphatic heterocycles. The molecule has 0 atom stereocenters. The van der Waals surface area contributed by atoms with Crippen LogP contribution in [0.25, 0.3) is 0 Å². The van der Waals surface area contributed by atoms with Crippen molar-refractivity contribution in [2.24, 2.45) is 5.73 Å². The summed E-state index contributed by atoms with van der Waals surface area (Å²) in [6, 6.07) is 2.86. The van der Waals surface area contributed by atoms with Gasteiger partial charge in [0, 0.05) is 19.9 Å². The van der Waals surface area contributed by atoms with Crippen molar-refractivity contribution in [3.63, 3.8) is 0 Å². The van der Waals surface area contributed by atoms with Crippen LogP contribution in [-0.4, -0.2) is 51.9 Å².